The fourth-order valence-electron chi connectivity index (χ4n) is 3.30. The van der Waals surface area contributed by atoms with Crippen molar-refractivity contribution in [2.45, 2.75) is 37.6 Å². The van der Waals surface area contributed by atoms with Gasteiger partial charge in [-0.15, -0.1) is 5.10 Å². The van der Waals surface area contributed by atoms with Crippen molar-refractivity contribution in [3.63, 3.8) is 0 Å². The average molecular weight is 441 g/mol. The maximum atomic E-state index is 12.9. The number of halogens is 1. The SMILES string of the molecule is Cc1nn(Cc2c(S(C)(=O)=O)ccc(C(=O)C3C(=O)CCCC3=O)c2Cl)c(=O)o1. The summed E-state index contributed by atoms with van der Waals surface area (Å²) in [6, 6.07) is 2.34. The molecule has 1 saturated carbocycles. The Labute approximate surface area is 170 Å². The van der Waals surface area contributed by atoms with Gasteiger partial charge in [-0.1, -0.05) is 11.6 Å². The first-order chi connectivity index (χ1) is 13.5. The van der Waals surface area contributed by atoms with Crippen molar-refractivity contribution in [1.82, 2.24) is 9.78 Å². The van der Waals surface area contributed by atoms with Gasteiger partial charge in [-0.3, -0.25) is 14.4 Å². The monoisotopic (exact) mass is 440 g/mol. The number of benzene rings is 1. The van der Waals surface area contributed by atoms with Crippen LogP contribution in [0.2, 0.25) is 5.02 Å². The second kappa shape index (κ2) is 7.68. The van der Waals surface area contributed by atoms with Crippen LogP contribution in [0.1, 0.15) is 41.1 Å². The molecule has 0 spiro atoms. The Balaban J connectivity index is 2.14. The van der Waals surface area contributed by atoms with E-state index in [2.05, 4.69) is 5.10 Å². The van der Waals surface area contributed by atoms with Crippen LogP contribution < -0.4 is 5.76 Å². The second-order valence-electron chi connectivity index (χ2n) is 6.80. The lowest BCUT2D eigenvalue weighted by atomic mass is 9.81. The van der Waals surface area contributed by atoms with Crippen LogP contribution in [0, 0.1) is 12.8 Å². The molecule has 154 valence electrons. The highest BCUT2D eigenvalue weighted by Gasteiger charge is 2.38. The molecular formula is C18H17ClN2O7S. The molecule has 3 rings (SSSR count). The summed E-state index contributed by atoms with van der Waals surface area (Å²) in [7, 11) is -3.77. The van der Waals surface area contributed by atoms with Gasteiger partial charge in [0.25, 0.3) is 0 Å². The molecule has 0 atom stereocenters. The van der Waals surface area contributed by atoms with E-state index in [1.165, 1.54) is 19.1 Å². The molecule has 9 nitrogen and oxygen atoms in total. The minimum atomic E-state index is -3.77. The first kappa shape index (κ1) is 21.1. The summed E-state index contributed by atoms with van der Waals surface area (Å²) >= 11 is 6.36. The number of aryl methyl sites for hydroxylation is 1. The highest BCUT2D eigenvalue weighted by Crippen LogP contribution is 2.32. The molecule has 1 aromatic heterocycles. The third-order valence-electron chi connectivity index (χ3n) is 4.63. The predicted molar refractivity (Wildman–Crippen MR) is 101 cm³/mol. The maximum Gasteiger partial charge on any atom is 0.437 e. The van der Waals surface area contributed by atoms with Crippen LogP contribution >= 0.6 is 11.6 Å². The topological polar surface area (TPSA) is 133 Å². The lowest BCUT2D eigenvalue weighted by Crippen LogP contribution is -2.35. The fourth-order valence-corrected chi connectivity index (χ4v) is 4.60. The standard InChI is InChI=1S/C18H17ClN2O7S/c1-9-20-21(18(25)28-9)8-11-14(29(2,26)27)7-6-10(16(11)19)17(24)15-12(22)4-3-5-13(15)23/h6-7,15H,3-5,8H2,1-2H3. The van der Waals surface area contributed by atoms with E-state index in [1.54, 1.807) is 0 Å². The van der Waals surface area contributed by atoms with Crippen LogP contribution in [0.5, 0.6) is 0 Å². The molecule has 0 saturated heterocycles. The molecule has 0 amide bonds. The highest BCUT2D eigenvalue weighted by molar-refractivity contribution is 7.90. The Kier molecular flexibility index (Phi) is 5.59. The second-order valence-corrected chi connectivity index (χ2v) is 9.17. The molecule has 1 aliphatic rings. The summed E-state index contributed by atoms with van der Waals surface area (Å²) in [6.07, 6.45) is 1.57. The number of ketones is 3. The minimum Gasteiger partial charge on any atom is -0.393 e. The normalized spacial score (nSPS) is 15.7. The van der Waals surface area contributed by atoms with E-state index in [-0.39, 0.29) is 46.3 Å². The number of aromatic nitrogens is 2. The van der Waals surface area contributed by atoms with Crippen molar-refractivity contribution in [2.24, 2.45) is 5.92 Å². The number of carbonyl (C=O) groups excluding carboxylic acids is 3. The summed E-state index contributed by atoms with van der Waals surface area (Å²) in [5.41, 5.74) is -0.206. The molecule has 0 N–H and O–H groups in total. The molecule has 1 aliphatic carbocycles. The van der Waals surface area contributed by atoms with Crippen LogP contribution in [0.15, 0.2) is 26.2 Å². The van der Waals surface area contributed by atoms with Crippen molar-refractivity contribution in [3.8, 4) is 0 Å². The Bertz CT molecular complexity index is 1180. The summed E-state index contributed by atoms with van der Waals surface area (Å²) in [6.45, 7) is 1.07. The minimum absolute atomic E-state index is 0.0499. The van der Waals surface area contributed by atoms with Crippen molar-refractivity contribution in [3.05, 3.63) is 44.7 Å². The van der Waals surface area contributed by atoms with Crippen LogP contribution in [0.4, 0.5) is 0 Å². The van der Waals surface area contributed by atoms with Crippen LogP contribution in [-0.2, 0) is 26.0 Å². The lowest BCUT2D eigenvalue weighted by molar-refractivity contribution is -0.133. The molecular weight excluding hydrogens is 424 g/mol. The van der Waals surface area contributed by atoms with Crippen LogP contribution in [0.3, 0.4) is 0 Å². The van der Waals surface area contributed by atoms with Gasteiger partial charge in [-0.2, -0.15) is 4.68 Å². The van der Waals surface area contributed by atoms with Gasteiger partial charge in [0.1, 0.15) is 5.92 Å². The summed E-state index contributed by atoms with van der Waals surface area (Å²) in [5.74, 6) is -3.96. The van der Waals surface area contributed by atoms with Gasteiger partial charge in [-0.25, -0.2) is 13.2 Å². The molecule has 11 heteroatoms. The van der Waals surface area contributed by atoms with Gasteiger partial charge in [0.15, 0.2) is 27.2 Å². The zero-order valence-electron chi connectivity index (χ0n) is 15.6. The van der Waals surface area contributed by atoms with Gasteiger partial charge in [0, 0.05) is 37.1 Å². The number of carbonyl (C=O) groups is 3. The van der Waals surface area contributed by atoms with E-state index in [0.717, 1.165) is 10.9 Å². The smallest absolute Gasteiger partial charge is 0.393 e. The van der Waals surface area contributed by atoms with E-state index >= 15 is 0 Å². The van der Waals surface area contributed by atoms with Gasteiger partial charge in [0.2, 0.25) is 5.89 Å². The van der Waals surface area contributed by atoms with Crippen LogP contribution in [-0.4, -0.2) is 41.8 Å². The Hall–Kier alpha value is -2.59. The number of hydrogen-bond donors (Lipinski definition) is 0. The largest absolute Gasteiger partial charge is 0.437 e. The van der Waals surface area contributed by atoms with E-state index in [1.807, 2.05) is 0 Å². The zero-order chi connectivity index (χ0) is 21.5. The Morgan fingerprint density at radius 2 is 1.86 bits per heavy atom. The van der Waals surface area contributed by atoms with Crippen molar-refractivity contribution < 1.29 is 27.2 Å². The van der Waals surface area contributed by atoms with E-state index in [4.69, 9.17) is 16.0 Å². The summed E-state index contributed by atoms with van der Waals surface area (Å²) < 4.78 is 30.1. The molecule has 1 fully saturated rings. The third kappa shape index (κ3) is 4.08. The summed E-state index contributed by atoms with van der Waals surface area (Å²) in [5, 5.41) is 3.60. The maximum absolute atomic E-state index is 12.9. The van der Waals surface area contributed by atoms with Gasteiger partial charge >= 0.3 is 5.76 Å². The number of sulfone groups is 1. The molecule has 1 aromatic carbocycles. The number of hydrogen-bond acceptors (Lipinski definition) is 8. The van der Waals surface area contributed by atoms with E-state index in [0.29, 0.717) is 6.42 Å². The number of Topliss-reactive ketones (excluding diaryl/α,β-unsaturated/α-hetero) is 3. The predicted octanol–water partition coefficient (Wildman–Crippen LogP) is 1.37. The molecule has 29 heavy (non-hydrogen) atoms. The number of rotatable bonds is 5. The first-order valence-electron chi connectivity index (χ1n) is 8.66. The molecule has 0 unspecified atom stereocenters. The lowest BCUT2D eigenvalue weighted by Gasteiger charge is -2.20. The van der Waals surface area contributed by atoms with E-state index < -0.39 is 38.9 Å². The van der Waals surface area contributed by atoms with Gasteiger partial charge in [-0.05, 0) is 18.6 Å². The molecule has 0 radical (unpaired) electrons. The van der Waals surface area contributed by atoms with Gasteiger partial charge < -0.3 is 4.42 Å². The molecule has 0 aliphatic heterocycles. The number of nitrogens with zero attached hydrogens (tertiary/aromatic N) is 2. The first-order valence-corrected chi connectivity index (χ1v) is 10.9. The van der Waals surface area contributed by atoms with Crippen molar-refractivity contribution in [2.75, 3.05) is 6.26 Å². The van der Waals surface area contributed by atoms with E-state index in [9.17, 15) is 27.6 Å². The average Bonchev–Trinajstić information content (AvgIpc) is 2.92. The van der Waals surface area contributed by atoms with Crippen molar-refractivity contribution >= 4 is 38.8 Å². The van der Waals surface area contributed by atoms with Crippen molar-refractivity contribution in [1.29, 1.82) is 0 Å². The molecule has 1 heterocycles. The van der Waals surface area contributed by atoms with Crippen LogP contribution in [0.25, 0.3) is 0 Å². The molecule has 0 bridgehead atoms. The van der Waals surface area contributed by atoms with Gasteiger partial charge in [0.05, 0.1) is 16.5 Å². The fraction of sp³-hybridized carbons (Fsp3) is 0.389. The molecule has 2 aromatic rings. The quantitative estimate of drug-likeness (QED) is 0.502. The summed E-state index contributed by atoms with van der Waals surface area (Å²) in [4.78, 5) is 48.8. The third-order valence-corrected chi connectivity index (χ3v) is 6.25. The Morgan fingerprint density at radius 1 is 1.24 bits per heavy atom. The Morgan fingerprint density at radius 3 is 2.38 bits per heavy atom. The highest BCUT2D eigenvalue weighted by atomic mass is 35.5. The zero-order valence-corrected chi connectivity index (χ0v) is 17.2.